The topological polar surface area (TPSA) is 94.9 Å². The van der Waals surface area contributed by atoms with Crippen LogP contribution < -0.4 is 0 Å². The Morgan fingerprint density at radius 3 is 1.88 bits per heavy atom. The highest BCUT2D eigenvalue weighted by molar-refractivity contribution is 5.85. The van der Waals surface area contributed by atoms with E-state index in [0.717, 1.165) is 0 Å². The first-order chi connectivity index (χ1) is 7.14. The van der Waals surface area contributed by atoms with E-state index in [0.29, 0.717) is 0 Å². The van der Waals surface area contributed by atoms with E-state index in [-0.39, 0.29) is 4.90 Å². The molecule has 0 aliphatic carbocycles. The van der Waals surface area contributed by atoms with Crippen molar-refractivity contribution in [3.8, 4) is 0 Å². The molecule has 0 radical (unpaired) electrons. The van der Waals surface area contributed by atoms with Crippen molar-refractivity contribution in [1.82, 2.24) is 4.90 Å². The lowest BCUT2D eigenvalue weighted by molar-refractivity contribution is -0.186. The van der Waals surface area contributed by atoms with E-state index in [1.54, 1.807) is 0 Å². The largest absolute Gasteiger partial charge is 0.481 e. The molecule has 0 saturated carbocycles. The Morgan fingerprint density at radius 2 is 1.56 bits per heavy atom. The van der Waals surface area contributed by atoms with Gasteiger partial charge in [-0.1, -0.05) is 0 Å². The van der Waals surface area contributed by atoms with Gasteiger partial charge in [-0.05, 0) is 0 Å². The molecule has 9 heteroatoms. The molecule has 0 aromatic heterocycles. The van der Waals surface area contributed by atoms with Crippen LogP contribution in [0.1, 0.15) is 6.42 Å². The van der Waals surface area contributed by atoms with Crippen molar-refractivity contribution in [2.45, 2.75) is 12.6 Å². The predicted octanol–water partition coefficient (Wildman–Crippen LogP) is -0.0634. The number of nitrogens with zero attached hydrogens (tertiary/aromatic N) is 1. The fourth-order valence-corrected chi connectivity index (χ4v) is 0.826. The van der Waals surface area contributed by atoms with Crippen LogP contribution in [0.2, 0.25) is 0 Å². The third-order valence-corrected chi connectivity index (χ3v) is 1.45. The summed E-state index contributed by atoms with van der Waals surface area (Å²) in [5, 5.41) is 16.5. The van der Waals surface area contributed by atoms with Gasteiger partial charge in [-0.3, -0.25) is 14.4 Å². The summed E-state index contributed by atoms with van der Waals surface area (Å²) in [7, 11) is 0. The molecule has 0 aromatic rings. The van der Waals surface area contributed by atoms with Crippen molar-refractivity contribution in [3.63, 3.8) is 0 Å². The Bertz CT molecular complexity index is 301. The Hall–Kier alpha value is -1.80. The summed E-state index contributed by atoms with van der Waals surface area (Å²) in [5.41, 5.74) is 0. The zero-order valence-electron chi connectivity index (χ0n) is 7.82. The normalized spacial score (nSPS) is 10.9. The number of aliphatic carboxylic acids is 2. The van der Waals surface area contributed by atoms with E-state index in [9.17, 15) is 27.6 Å². The number of amides is 1. The van der Waals surface area contributed by atoms with E-state index in [1.165, 1.54) is 0 Å². The number of carboxylic acid groups (broad SMARTS) is 2. The molecule has 0 aromatic carbocycles. The maximum absolute atomic E-state index is 11.9. The molecule has 0 rings (SSSR count). The van der Waals surface area contributed by atoms with E-state index in [4.69, 9.17) is 10.2 Å². The minimum atomic E-state index is -5.21. The van der Waals surface area contributed by atoms with Gasteiger partial charge in [0, 0.05) is 6.54 Å². The molecule has 0 fully saturated rings. The maximum Gasteiger partial charge on any atom is 0.471 e. The van der Waals surface area contributed by atoms with Crippen molar-refractivity contribution in [2.75, 3.05) is 13.1 Å². The van der Waals surface area contributed by atoms with Crippen LogP contribution in [-0.4, -0.2) is 52.2 Å². The quantitative estimate of drug-likeness (QED) is 0.705. The molecule has 1 amide bonds. The average Bonchev–Trinajstić information content (AvgIpc) is 2.08. The second-order valence-corrected chi connectivity index (χ2v) is 2.76. The van der Waals surface area contributed by atoms with Gasteiger partial charge in [-0.2, -0.15) is 13.2 Å². The smallest absolute Gasteiger partial charge is 0.471 e. The molecular weight excluding hydrogens is 235 g/mol. The number of carbonyl (C=O) groups excluding carboxylic acids is 1. The summed E-state index contributed by atoms with van der Waals surface area (Å²) >= 11 is 0. The van der Waals surface area contributed by atoms with Crippen LogP contribution in [0, 0.1) is 0 Å². The van der Waals surface area contributed by atoms with E-state index in [2.05, 4.69) is 0 Å². The second-order valence-electron chi connectivity index (χ2n) is 2.76. The van der Waals surface area contributed by atoms with Crippen LogP contribution in [0.4, 0.5) is 13.2 Å². The standard InChI is InChI=1S/C7H8F3NO5/c8-7(9,10)6(16)11(3-5(14)15)2-1-4(12)13/h1-3H2,(H,12,13)(H,14,15). The zero-order valence-corrected chi connectivity index (χ0v) is 7.82. The van der Waals surface area contributed by atoms with Gasteiger partial charge in [-0.25, -0.2) is 0 Å². The first-order valence-corrected chi connectivity index (χ1v) is 3.94. The summed E-state index contributed by atoms with van der Waals surface area (Å²) in [6.07, 6.45) is -5.97. The van der Waals surface area contributed by atoms with Gasteiger partial charge >= 0.3 is 24.0 Å². The van der Waals surface area contributed by atoms with E-state index < -0.39 is 43.5 Å². The third kappa shape index (κ3) is 5.17. The molecular formula is C7H8F3NO5. The fraction of sp³-hybridized carbons (Fsp3) is 0.571. The lowest BCUT2D eigenvalue weighted by atomic mass is 10.3. The molecule has 92 valence electrons. The van der Waals surface area contributed by atoms with Gasteiger partial charge in [0.1, 0.15) is 6.54 Å². The molecule has 16 heavy (non-hydrogen) atoms. The molecule has 0 heterocycles. The Morgan fingerprint density at radius 1 is 1.06 bits per heavy atom. The van der Waals surface area contributed by atoms with Gasteiger partial charge in [0.2, 0.25) is 0 Å². The average molecular weight is 243 g/mol. The third-order valence-electron chi connectivity index (χ3n) is 1.45. The van der Waals surface area contributed by atoms with Gasteiger partial charge in [0.15, 0.2) is 0 Å². The zero-order chi connectivity index (χ0) is 12.9. The number of hydrogen-bond acceptors (Lipinski definition) is 3. The van der Waals surface area contributed by atoms with E-state index >= 15 is 0 Å². The number of carbonyl (C=O) groups is 3. The highest BCUT2D eigenvalue weighted by atomic mass is 19.4. The number of carboxylic acids is 2. The Kier molecular flexibility index (Phi) is 4.73. The van der Waals surface area contributed by atoms with Crippen LogP contribution >= 0.6 is 0 Å². The molecule has 0 atom stereocenters. The highest BCUT2D eigenvalue weighted by Gasteiger charge is 2.42. The fourth-order valence-electron chi connectivity index (χ4n) is 0.826. The van der Waals surface area contributed by atoms with Gasteiger partial charge < -0.3 is 15.1 Å². The monoisotopic (exact) mass is 243 g/mol. The molecule has 0 aliphatic heterocycles. The number of halogens is 3. The maximum atomic E-state index is 11.9. The number of alkyl halides is 3. The van der Waals surface area contributed by atoms with Gasteiger partial charge in [0.05, 0.1) is 6.42 Å². The van der Waals surface area contributed by atoms with Gasteiger partial charge in [-0.15, -0.1) is 0 Å². The lowest BCUT2D eigenvalue weighted by Crippen LogP contribution is -2.44. The summed E-state index contributed by atoms with van der Waals surface area (Å²) in [5.74, 6) is -5.44. The van der Waals surface area contributed by atoms with E-state index in [1.807, 2.05) is 0 Å². The second kappa shape index (κ2) is 5.33. The van der Waals surface area contributed by atoms with Crippen molar-refractivity contribution in [1.29, 1.82) is 0 Å². The van der Waals surface area contributed by atoms with Crippen molar-refractivity contribution < 1.29 is 37.8 Å². The number of hydrogen-bond donors (Lipinski definition) is 2. The molecule has 0 unspecified atom stereocenters. The minimum Gasteiger partial charge on any atom is -0.481 e. The number of rotatable bonds is 5. The van der Waals surface area contributed by atoms with Crippen LogP contribution in [-0.2, 0) is 14.4 Å². The Balaban J connectivity index is 4.60. The molecule has 0 bridgehead atoms. The summed E-state index contributed by atoms with van der Waals surface area (Å²) in [4.78, 5) is 30.9. The first-order valence-electron chi connectivity index (χ1n) is 3.94. The highest BCUT2D eigenvalue weighted by Crippen LogP contribution is 2.18. The Labute approximate surface area is 87.3 Å². The first kappa shape index (κ1) is 14.2. The summed E-state index contributed by atoms with van der Waals surface area (Å²) < 4.78 is 35.8. The summed E-state index contributed by atoms with van der Waals surface area (Å²) in [6.45, 7) is -1.99. The van der Waals surface area contributed by atoms with Gasteiger partial charge in [0.25, 0.3) is 0 Å². The van der Waals surface area contributed by atoms with Crippen LogP contribution in [0.25, 0.3) is 0 Å². The van der Waals surface area contributed by atoms with Crippen molar-refractivity contribution in [2.24, 2.45) is 0 Å². The lowest BCUT2D eigenvalue weighted by Gasteiger charge is -2.20. The van der Waals surface area contributed by atoms with Crippen LogP contribution in [0.3, 0.4) is 0 Å². The molecule has 0 saturated heterocycles. The summed E-state index contributed by atoms with van der Waals surface area (Å²) in [6, 6.07) is 0. The molecule has 0 spiro atoms. The SMILES string of the molecule is O=C(O)CCN(CC(=O)O)C(=O)C(F)(F)F. The molecule has 0 aliphatic rings. The van der Waals surface area contributed by atoms with Crippen LogP contribution in [0.5, 0.6) is 0 Å². The van der Waals surface area contributed by atoms with Crippen molar-refractivity contribution in [3.05, 3.63) is 0 Å². The van der Waals surface area contributed by atoms with Crippen molar-refractivity contribution >= 4 is 17.8 Å². The minimum absolute atomic E-state index is 0.0730. The van der Waals surface area contributed by atoms with Crippen LogP contribution in [0.15, 0.2) is 0 Å². The molecule has 6 nitrogen and oxygen atoms in total. The molecule has 2 N–H and O–H groups in total. The predicted molar refractivity (Wildman–Crippen MR) is 42.5 cm³/mol.